The van der Waals surface area contributed by atoms with Crippen LogP contribution in [0.15, 0.2) is 96.1 Å². The summed E-state index contributed by atoms with van der Waals surface area (Å²) in [7, 11) is 2.03. The zero-order valence-corrected chi connectivity index (χ0v) is 18.7. The van der Waals surface area contributed by atoms with Crippen molar-refractivity contribution in [3.8, 4) is 11.3 Å². The maximum Gasteiger partial charge on any atom is 0.126 e. The normalized spacial score (nSPS) is 11.9. The summed E-state index contributed by atoms with van der Waals surface area (Å²) in [6.07, 6.45) is 6.49. The predicted molar refractivity (Wildman–Crippen MR) is 133 cm³/mol. The van der Waals surface area contributed by atoms with Gasteiger partial charge in [-0.05, 0) is 61.2 Å². The third-order valence-corrected chi connectivity index (χ3v) is 5.52. The predicted octanol–water partition coefficient (Wildman–Crippen LogP) is 7.48. The van der Waals surface area contributed by atoms with Gasteiger partial charge in [-0.3, -0.25) is 4.99 Å². The molecule has 0 amide bonds. The molecule has 0 fully saturated rings. The first-order chi connectivity index (χ1) is 15.5. The van der Waals surface area contributed by atoms with Crippen LogP contribution < -0.4 is 0 Å². The van der Waals surface area contributed by atoms with Crippen molar-refractivity contribution >= 4 is 17.5 Å². The quantitative estimate of drug-likeness (QED) is 0.287. The van der Waals surface area contributed by atoms with E-state index in [0.717, 1.165) is 28.1 Å². The molecule has 0 unspecified atom stereocenters. The lowest BCUT2D eigenvalue weighted by atomic mass is 9.99. The van der Waals surface area contributed by atoms with Crippen LogP contribution in [0.2, 0.25) is 0 Å². The van der Waals surface area contributed by atoms with E-state index in [0.29, 0.717) is 12.0 Å². The third-order valence-electron chi connectivity index (χ3n) is 5.52. The minimum absolute atomic E-state index is 0.186. The topological polar surface area (TPSA) is 17.3 Å². The molecule has 0 aliphatic carbocycles. The van der Waals surface area contributed by atoms with E-state index in [1.54, 1.807) is 6.07 Å². The van der Waals surface area contributed by atoms with Gasteiger partial charge in [-0.15, -0.1) is 0 Å². The monoisotopic (exact) mass is 422 g/mol. The number of allylic oxidation sites excluding steroid dienone is 2. The van der Waals surface area contributed by atoms with Crippen LogP contribution in [-0.2, 0) is 13.5 Å². The Hall–Kier alpha value is -3.72. The Morgan fingerprint density at radius 1 is 0.906 bits per heavy atom. The Morgan fingerprint density at radius 2 is 1.62 bits per heavy atom. The first-order valence-electron chi connectivity index (χ1n) is 10.8. The summed E-state index contributed by atoms with van der Waals surface area (Å²) in [4.78, 5) is 4.87. The number of aliphatic imine (C=N–C) groups is 1. The third kappa shape index (κ3) is 4.94. The number of aromatic nitrogens is 1. The molecule has 32 heavy (non-hydrogen) atoms. The second kappa shape index (κ2) is 9.61. The maximum absolute atomic E-state index is 14.2. The molecule has 0 N–H and O–H groups in total. The van der Waals surface area contributed by atoms with Gasteiger partial charge in [0, 0.05) is 30.7 Å². The molecule has 1 aromatic heterocycles. The van der Waals surface area contributed by atoms with Gasteiger partial charge in [0.15, 0.2) is 0 Å². The van der Waals surface area contributed by atoms with Crippen molar-refractivity contribution in [2.75, 3.05) is 0 Å². The number of hydrogen-bond donors (Lipinski definition) is 0. The smallest absolute Gasteiger partial charge is 0.126 e. The molecular formula is C29H27FN2. The van der Waals surface area contributed by atoms with Crippen molar-refractivity contribution in [3.63, 3.8) is 0 Å². The first-order valence-corrected chi connectivity index (χ1v) is 10.8. The molecule has 3 heteroatoms. The summed E-state index contributed by atoms with van der Waals surface area (Å²) in [5, 5.41) is 0. The fraction of sp³-hybridized carbons (Fsp3) is 0.138. The molecular weight excluding hydrogens is 395 g/mol. The number of para-hydroxylation sites is 1. The van der Waals surface area contributed by atoms with Crippen molar-refractivity contribution in [2.24, 2.45) is 12.0 Å². The Bertz CT molecular complexity index is 1270. The fourth-order valence-corrected chi connectivity index (χ4v) is 3.95. The van der Waals surface area contributed by atoms with Crippen LogP contribution >= 0.6 is 0 Å². The van der Waals surface area contributed by atoms with Crippen molar-refractivity contribution in [1.29, 1.82) is 0 Å². The molecule has 1 heterocycles. The SMILES string of the molecule is Cc1cc(C)cc(/C(C=Nc2ccccc2-c2cccn2C)=C/Cc2ccccc2F)c1. The molecule has 0 aliphatic heterocycles. The summed E-state index contributed by atoms with van der Waals surface area (Å²) in [5.74, 6) is -0.186. The molecule has 0 atom stereocenters. The van der Waals surface area contributed by atoms with Crippen molar-refractivity contribution in [3.05, 3.63) is 119 Å². The molecule has 0 radical (unpaired) electrons. The average Bonchev–Trinajstić information content (AvgIpc) is 3.20. The van der Waals surface area contributed by atoms with Crippen molar-refractivity contribution < 1.29 is 4.39 Å². The van der Waals surface area contributed by atoms with Gasteiger partial charge in [0.1, 0.15) is 5.82 Å². The Balaban J connectivity index is 1.75. The molecule has 3 aromatic carbocycles. The highest BCUT2D eigenvalue weighted by molar-refractivity contribution is 6.11. The number of rotatable bonds is 6. The standard InChI is InChI=1S/C29H27FN2/c1-21-17-22(2)19-25(18-21)24(15-14-23-9-4-6-11-27(23)30)20-31-28-12-7-5-10-26(28)29-13-8-16-32(29)3/h4-13,15-20H,14H2,1-3H3/b24-15+,31-20?. The average molecular weight is 423 g/mol. The molecule has 4 aromatic rings. The van der Waals surface area contributed by atoms with Gasteiger partial charge in [0.05, 0.1) is 5.69 Å². The first kappa shape index (κ1) is 21.5. The summed E-state index contributed by atoms with van der Waals surface area (Å²) in [6.45, 7) is 4.18. The van der Waals surface area contributed by atoms with Gasteiger partial charge in [0.2, 0.25) is 0 Å². The van der Waals surface area contributed by atoms with Gasteiger partial charge >= 0.3 is 0 Å². The van der Waals surface area contributed by atoms with Gasteiger partial charge < -0.3 is 4.57 Å². The molecule has 0 saturated heterocycles. The lowest BCUT2D eigenvalue weighted by molar-refractivity contribution is 0.615. The van der Waals surface area contributed by atoms with Crippen LogP contribution in [0.5, 0.6) is 0 Å². The molecule has 0 saturated carbocycles. The van der Waals surface area contributed by atoms with Crippen LogP contribution in [0.3, 0.4) is 0 Å². The highest BCUT2D eigenvalue weighted by atomic mass is 19.1. The number of halogens is 1. The second-order valence-corrected chi connectivity index (χ2v) is 8.11. The van der Waals surface area contributed by atoms with E-state index >= 15 is 0 Å². The lowest BCUT2D eigenvalue weighted by Crippen LogP contribution is -1.93. The van der Waals surface area contributed by atoms with E-state index in [4.69, 9.17) is 4.99 Å². The van der Waals surface area contributed by atoms with E-state index in [1.807, 2.05) is 55.9 Å². The van der Waals surface area contributed by atoms with Crippen LogP contribution in [0.4, 0.5) is 10.1 Å². The van der Waals surface area contributed by atoms with Crippen LogP contribution in [0, 0.1) is 19.7 Å². The summed E-state index contributed by atoms with van der Waals surface area (Å²) < 4.78 is 16.3. The zero-order valence-electron chi connectivity index (χ0n) is 18.7. The van der Waals surface area contributed by atoms with E-state index in [2.05, 4.69) is 54.8 Å². The van der Waals surface area contributed by atoms with Gasteiger partial charge in [0.25, 0.3) is 0 Å². The minimum atomic E-state index is -0.186. The number of benzene rings is 3. The van der Waals surface area contributed by atoms with Gasteiger partial charge in [-0.2, -0.15) is 0 Å². The Labute approximate surface area is 189 Å². The van der Waals surface area contributed by atoms with E-state index in [1.165, 1.54) is 17.2 Å². The molecule has 160 valence electrons. The van der Waals surface area contributed by atoms with E-state index < -0.39 is 0 Å². The molecule has 0 bridgehead atoms. The lowest BCUT2D eigenvalue weighted by Gasteiger charge is -2.09. The highest BCUT2D eigenvalue weighted by Gasteiger charge is 2.08. The second-order valence-electron chi connectivity index (χ2n) is 8.11. The summed E-state index contributed by atoms with van der Waals surface area (Å²) >= 11 is 0. The van der Waals surface area contributed by atoms with E-state index in [9.17, 15) is 4.39 Å². The molecule has 0 spiro atoms. The van der Waals surface area contributed by atoms with Crippen LogP contribution in [-0.4, -0.2) is 10.8 Å². The minimum Gasteiger partial charge on any atom is -0.351 e. The van der Waals surface area contributed by atoms with Crippen LogP contribution in [0.25, 0.3) is 16.8 Å². The number of hydrogen-bond acceptors (Lipinski definition) is 1. The van der Waals surface area contributed by atoms with Crippen LogP contribution in [0.1, 0.15) is 22.3 Å². The maximum atomic E-state index is 14.2. The number of aryl methyl sites for hydroxylation is 3. The zero-order chi connectivity index (χ0) is 22.5. The fourth-order valence-electron chi connectivity index (χ4n) is 3.95. The van der Waals surface area contributed by atoms with Crippen molar-refractivity contribution in [2.45, 2.75) is 20.3 Å². The summed E-state index contributed by atoms with van der Waals surface area (Å²) in [5.41, 5.74) is 8.19. The molecule has 4 rings (SSSR count). The largest absolute Gasteiger partial charge is 0.351 e. The Kier molecular flexibility index (Phi) is 6.46. The van der Waals surface area contributed by atoms with Crippen molar-refractivity contribution in [1.82, 2.24) is 4.57 Å². The Morgan fingerprint density at radius 3 is 2.34 bits per heavy atom. The molecule has 0 aliphatic rings. The highest BCUT2D eigenvalue weighted by Crippen LogP contribution is 2.30. The van der Waals surface area contributed by atoms with Gasteiger partial charge in [-0.25, -0.2) is 4.39 Å². The molecule has 2 nitrogen and oxygen atoms in total. The van der Waals surface area contributed by atoms with E-state index in [-0.39, 0.29) is 5.82 Å². The summed E-state index contributed by atoms with van der Waals surface area (Å²) in [6, 6.07) is 25.6. The van der Waals surface area contributed by atoms with Gasteiger partial charge in [-0.1, -0.05) is 71.8 Å². The number of nitrogens with zero attached hydrogens (tertiary/aromatic N) is 2.